The zero-order valence-electron chi connectivity index (χ0n) is 14.9. The van der Waals surface area contributed by atoms with Gasteiger partial charge in [0.25, 0.3) is 0 Å². The molecule has 4 rings (SSSR count). The van der Waals surface area contributed by atoms with Gasteiger partial charge in [0.2, 0.25) is 0 Å². The fraction of sp³-hybridized carbons (Fsp3) is 0.500. The molecule has 0 bridgehead atoms. The van der Waals surface area contributed by atoms with Crippen LogP contribution in [0.25, 0.3) is 11.3 Å². The maximum Gasteiger partial charge on any atom is 0.194 e. The number of nitrogens with one attached hydrogen (secondary N) is 2. The summed E-state index contributed by atoms with van der Waals surface area (Å²) >= 11 is 0. The molecule has 1 saturated carbocycles. The van der Waals surface area contributed by atoms with Crippen molar-refractivity contribution in [3.05, 3.63) is 42.4 Å². The van der Waals surface area contributed by atoms with Gasteiger partial charge in [0.15, 0.2) is 5.96 Å². The van der Waals surface area contributed by atoms with Crippen molar-refractivity contribution in [2.45, 2.75) is 32.2 Å². The highest BCUT2D eigenvalue weighted by Crippen LogP contribution is 2.35. The molecular formula is C20H27N5. The Morgan fingerprint density at radius 2 is 1.92 bits per heavy atom. The van der Waals surface area contributed by atoms with Gasteiger partial charge in [-0.3, -0.25) is 4.99 Å². The zero-order valence-corrected chi connectivity index (χ0v) is 14.9. The Bertz CT molecular complexity index is 707. The molecule has 5 nitrogen and oxygen atoms in total. The number of aromatic amines is 1. The van der Waals surface area contributed by atoms with E-state index in [0.717, 1.165) is 48.0 Å². The van der Waals surface area contributed by atoms with Crippen LogP contribution >= 0.6 is 0 Å². The molecule has 1 saturated heterocycles. The smallest absolute Gasteiger partial charge is 0.194 e. The second-order valence-corrected chi connectivity index (χ2v) is 7.22. The third kappa shape index (κ3) is 3.55. The highest BCUT2D eigenvalue weighted by Gasteiger charge is 2.35. The number of guanidine groups is 1. The van der Waals surface area contributed by atoms with E-state index >= 15 is 0 Å². The molecule has 1 aliphatic carbocycles. The molecule has 2 unspecified atom stereocenters. The summed E-state index contributed by atoms with van der Waals surface area (Å²) in [6.07, 6.45) is 7.47. The summed E-state index contributed by atoms with van der Waals surface area (Å²) in [6, 6.07) is 10.3. The van der Waals surface area contributed by atoms with E-state index in [9.17, 15) is 0 Å². The minimum atomic E-state index is 0.672. The number of aromatic nitrogens is 2. The Hall–Kier alpha value is -2.30. The SMILES string of the molecule is CN=C(NCc1ncc(-c2ccccc2)[nH]1)N1CC2CCCCC2C1. The average Bonchev–Trinajstić information content (AvgIpc) is 3.30. The first kappa shape index (κ1) is 16.2. The second kappa shape index (κ2) is 7.30. The van der Waals surface area contributed by atoms with E-state index in [1.165, 1.54) is 25.7 Å². The minimum Gasteiger partial charge on any atom is -0.349 e. The van der Waals surface area contributed by atoms with E-state index in [4.69, 9.17) is 0 Å². The van der Waals surface area contributed by atoms with Gasteiger partial charge in [0.05, 0.1) is 18.4 Å². The second-order valence-electron chi connectivity index (χ2n) is 7.22. The molecule has 2 N–H and O–H groups in total. The fourth-order valence-electron chi connectivity index (χ4n) is 4.29. The lowest BCUT2D eigenvalue weighted by Gasteiger charge is -2.22. The van der Waals surface area contributed by atoms with E-state index < -0.39 is 0 Å². The number of hydrogen-bond acceptors (Lipinski definition) is 2. The Balaban J connectivity index is 1.36. The number of fused-ring (bicyclic) bond motifs is 1. The Morgan fingerprint density at radius 3 is 2.60 bits per heavy atom. The first-order valence-electron chi connectivity index (χ1n) is 9.38. The van der Waals surface area contributed by atoms with Gasteiger partial charge in [0, 0.05) is 20.1 Å². The third-order valence-corrected chi connectivity index (χ3v) is 5.61. The highest BCUT2D eigenvalue weighted by atomic mass is 15.3. The summed E-state index contributed by atoms with van der Waals surface area (Å²) in [6.45, 7) is 2.97. The number of nitrogens with zero attached hydrogens (tertiary/aromatic N) is 3. The molecule has 1 aromatic heterocycles. The molecule has 0 spiro atoms. The lowest BCUT2D eigenvalue weighted by atomic mass is 9.82. The summed E-state index contributed by atoms with van der Waals surface area (Å²) in [5, 5.41) is 3.48. The molecule has 132 valence electrons. The predicted molar refractivity (Wildman–Crippen MR) is 101 cm³/mol. The molecule has 1 aliphatic heterocycles. The van der Waals surface area contributed by atoms with Crippen LogP contribution < -0.4 is 5.32 Å². The predicted octanol–water partition coefficient (Wildman–Crippen LogP) is 3.27. The summed E-state index contributed by atoms with van der Waals surface area (Å²) in [4.78, 5) is 14.8. The van der Waals surface area contributed by atoms with Crippen LogP contribution in [0.5, 0.6) is 0 Å². The van der Waals surface area contributed by atoms with Gasteiger partial charge >= 0.3 is 0 Å². The molecule has 0 amide bonds. The molecule has 2 aliphatic rings. The van der Waals surface area contributed by atoms with Crippen molar-refractivity contribution in [3.63, 3.8) is 0 Å². The first-order chi connectivity index (χ1) is 12.3. The van der Waals surface area contributed by atoms with E-state index in [-0.39, 0.29) is 0 Å². The van der Waals surface area contributed by atoms with Gasteiger partial charge in [-0.1, -0.05) is 43.2 Å². The summed E-state index contributed by atoms with van der Waals surface area (Å²) < 4.78 is 0. The maximum atomic E-state index is 4.51. The van der Waals surface area contributed by atoms with Crippen molar-refractivity contribution in [3.8, 4) is 11.3 Å². The summed E-state index contributed by atoms with van der Waals surface area (Å²) in [5.74, 6) is 3.67. The number of imidazole rings is 1. The van der Waals surface area contributed by atoms with Crippen LogP contribution in [-0.4, -0.2) is 41.0 Å². The van der Waals surface area contributed by atoms with Crippen molar-refractivity contribution in [1.82, 2.24) is 20.2 Å². The van der Waals surface area contributed by atoms with Crippen LogP contribution in [0.15, 0.2) is 41.5 Å². The lowest BCUT2D eigenvalue weighted by Crippen LogP contribution is -2.40. The van der Waals surface area contributed by atoms with Crippen LogP contribution in [-0.2, 0) is 6.54 Å². The number of benzene rings is 1. The molecule has 2 heterocycles. The van der Waals surface area contributed by atoms with Gasteiger partial charge in [-0.15, -0.1) is 0 Å². The van der Waals surface area contributed by atoms with E-state index in [1.54, 1.807) is 0 Å². The molecule has 25 heavy (non-hydrogen) atoms. The Morgan fingerprint density at radius 1 is 1.20 bits per heavy atom. The van der Waals surface area contributed by atoms with E-state index in [1.807, 2.05) is 31.4 Å². The first-order valence-corrected chi connectivity index (χ1v) is 9.38. The Kier molecular flexibility index (Phi) is 4.72. The maximum absolute atomic E-state index is 4.51. The van der Waals surface area contributed by atoms with Crippen molar-refractivity contribution >= 4 is 5.96 Å². The van der Waals surface area contributed by atoms with Gasteiger partial charge in [-0.25, -0.2) is 4.98 Å². The van der Waals surface area contributed by atoms with Gasteiger partial charge < -0.3 is 15.2 Å². The third-order valence-electron chi connectivity index (χ3n) is 5.61. The highest BCUT2D eigenvalue weighted by molar-refractivity contribution is 5.80. The van der Waals surface area contributed by atoms with Gasteiger partial charge in [0.1, 0.15) is 5.82 Å². The van der Waals surface area contributed by atoms with E-state index in [0.29, 0.717) is 6.54 Å². The van der Waals surface area contributed by atoms with Gasteiger partial charge in [-0.2, -0.15) is 0 Å². The fourth-order valence-corrected chi connectivity index (χ4v) is 4.29. The van der Waals surface area contributed by atoms with E-state index in [2.05, 4.69) is 37.3 Å². The number of rotatable bonds is 3. The summed E-state index contributed by atoms with van der Waals surface area (Å²) in [7, 11) is 1.88. The van der Waals surface area contributed by atoms with Gasteiger partial charge in [-0.05, 0) is 30.2 Å². The quantitative estimate of drug-likeness (QED) is 0.667. The van der Waals surface area contributed by atoms with Crippen molar-refractivity contribution in [2.75, 3.05) is 20.1 Å². The standard InChI is InChI=1S/C20H27N5/c1-21-20(25-13-16-9-5-6-10-17(16)14-25)23-12-19-22-11-18(24-19)15-7-3-2-4-8-15/h2-4,7-8,11,16-17H,5-6,9-10,12-14H2,1H3,(H,21,23)(H,22,24). The normalized spacial score (nSPS) is 23.6. The van der Waals surface area contributed by atoms with Crippen LogP contribution in [0.2, 0.25) is 0 Å². The van der Waals surface area contributed by atoms with Crippen molar-refractivity contribution in [2.24, 2.45) is 16.8 Å². The molecule has 5 heteroatoms. The average molecular weight is 337 g/mol. The van der Waals surface area contributed by atoms with Crippen molar-refractivity contribution in [1.29, 1.82) is 0 Å². The number of aliphatic imine (C=N–C) groups is 1. The molecule has 2 fully saturated rings. The molecule has 0 radical (unpaired) electrons. The molecule has 2 atom stereocenters. The van der Waals surface area contributed by atoms with Crippen molar-refractivity contribution < 1.29 is 0 Å². The summed E-state index contributed by atoms with van der Waals surface area (Å²) in [5.41, 5.74) is 2.22. The molecule has 1 aromatic carbocycles. The molecule has 2 aromatic rings. The Labute approximate surface area is 149 Å². The number of hydrogen-bond donors (Lipinski definition) is 2. The number of H-pyrrole nitrogens is 1. The van der Waals surface area contributed by atoms with Crippen LogP contribution in [0, 0.1) is 11.8 Å². The van der Waals surface area contributed by atoms with Crippen LogP contribution in [0.4, 0.5) is 0 Å². The van der Waals surface area contributed by atoms with Crippen LogP contribution in [0.1, 0.15) is 31.5 Å². The monoisotopic (exact) mass is 337 g/mol. The zero-order chi connectivity index (χ0) is 17.1. The lowest BCUT2D eigenvalue weighted by molar-refractivity contribution is 0.299. The topological polar surface area (TPSA) is 56.3 Å². The minimum absolute atomic E-state index is 0.672. The molecular weight excluding hydrogens is 310 g/mol. The number of likely N-dealkylation sites (tertiary alicyclic amines) is 1. The largest absolute Gasteiger partial charge is 0.349 e. The van der Waals surface area contributed by atoms with Crippen LogP contribution in [0.3, 0.4) is 0 Å².